The molecule has 1 N–H and O–H groups in total. The number of halogens is 1. The molecule has 0 aliphatic carbocycles. The minimum atomic E-state index is -1.01. The molecule has 1 aromatic heterocycles. The molecular formula is C13H16FNO. The number of hydrogen-bond acceptors (Lipinski definition) is 2. The van der Waals surface area contributed by atoms with Crippen LogP contribution in [0.4, 0.5) is 4.39 Å². The fourth-order valence-electron chi connectivity index (χ4n) is 1.86. The average molecular weight is 221 g/mol. The lowest BCUT2D eigenvalue weighted by Crippen LogP contribution is -2.29. The second kappa shape index (κ2) is 4.66. The van der Waals surface area contributed by atoms with Gasteiger partial charge in [0, 0.05) is 11.4 Å². The number of hydrogen-bond donors (Lipinski definition) is 1. The molecule has 0 aliphatic heterocycles. The Morgan fingerprint density at radius 3 is 2.94 bits per heavy atom. The van der Waals surface area contributed by atoms with Gasteiger partial charge in [-0.05, 0) is 31.2 Å². The quantitative estimate of drug-likeness (QED) is 0.855. The molecule has 2 aromatic rings. The normalized spacial score (nSPS) is 15.2. The third-order valence-corrected chi connectivity index (χ3v) is 2.76. The lowest BCUT2D eigenvalue weighted by molar-refractivity contribution is 0.268. The molecule has 1 aromatic carbocycles. The van der Waals surface area contributed by atoms with E-state index >= 15 is 0 Å². The highest BCUT2D eigenvalue weighted by Gasteiger charge is 2.17. The summed E-state index contributed by atoms with van der Waals surface area (Å²) in [4.78, 5) is 0. The van der Waals surface area contributed by atoms with Crippen LogP contribution in [0.1, 0.15) is 25.6 Å². The molecule has 0 fully saturated rings. The van der Waals surface area contributed by atoms with Gasteiger partial charge in [-0.3, -0.25) is 0 Å². The highest BCUT2D eigenvalue weighted by Crippen LogP contribution is 2.25. The van der Waals surface area contributed by atoms with Crippen molar-refractivity contribution in [2.75, 3.05) is 6.54 Å². The van der Waals surface area contributed by atoms with Crippen molar-refractivity contribution in [3.8, 4) is 0 Å². The third kappa shape index (κ3) is 2.09. The summed E-state index contributed by atoms with van der Waals surface area (Å²) in [5, 5.41) is 4.09. The minimum absolute atomic E-state index is 0.183. The van der Waals surface area contributed by atoms with Gasteiger partial charge >= 0.3 is 0 Å². The zero-order chi connectivity index (χ0) is 11.5. The molecule has 3 heteroatoms. The Bertz CT molecular complexity index is 466. The predicted octanol–water partition coefficient (Wildman–Crippen LogP) is 3.44. The summed E-state index contributed by atoms with van der Waals surface area (Å²) >= 11 is 0. The van der Waals surface area contributed by atoms with E-state index in [1.54, 1.807) is 12.3 Å². The molecule has 0 amide bonds. The maximum Gasteiger partial charge on any atom is 0.140 e. The Hall–Kier alpha value is -1.35. The van der Waals surface area contributed by atoms with Crippen molar-refractivity contribution in [1.82, 2.24) is 5.32 Å². The summed E-state index contributed by atoms with van der Waals surface area (Å²) in [5.41, 5.74) is 1.40. The Balaban J connectivity index is 2.24. The van der Waals surface area contributed by atoms with Crippen molar-refractivity contribution in [3.63, 3.8) is 0 Å². The maximum atomic E-state index is 14.0. The van der Waals surface area contributed by atoms with Crippen molar-refractivity contribution < 1.29 is 8.81 Å². The fraction of sp³-hybridized carbons (Fsp3) is 0.385. The number of likely N-dealkylation sites (N-methyl/N-ethyl adjacent to an activating group) is 1. The first-order valence-corrected chi connectivity index (χ1v) is 5.57. The molecule has 0 bridgehead atoms. The molecule has 86 valence electrons. The Kier molecular flexibility index (Phi) is 3.25. The summed E-state index contributed by atoms with van der Waals surface area (Å²) in [5.74, 6) is 0. The summed E-state index contributed by atoms with van der Waals surface area (Å²) < 4.78 is 19.3. The van der Waals surface area contributed by atoms with E-state index < -0.39 is 6.17 Å². The molecular weight excluding hydrogens is 205 g/mol. The molecule has 1 heterocycles. The standard InChI is InChI=1S/C13H16FNO/c1-3-15-9(2)13(14)11-5-4-10-6-7-16-12(10)8-11/h4-9,13,15H,3H2,1-2H3. The Morgan fingerprint density at radius 1 is 1.38 bits per heavy atom. The van der Waals surface area contributed by atoms with Gasteiger partial charge < -0.3 is 9.73 Å². The van der Waals surface area contributed by atoms with Crippen molar-refractivity contribution >= 4 is 11.0 Å². The number of fused-ring (bicyclic) bond motifs is 1. The number of nitrogens with one attached hydrogen (secondary N) is 1. The van der Waals surface area contributed by atoms with E-state index in [0.29, 0.717) is 5.56 Å². The molecule has 2 atom stereocenters. The van der Waals surface area contributed by atoms with E-state index in [2.05, 4.69) is 5.32 Å². The monoisotopic (exact) mass is 221 g/mol. The van der Waals surface area contributed by atoms with Crippen LogP contribution in [0.25, 0.3) is 11.0 Å². The fourth-order valence-corrected chi connectivity index (χ4v) is 1.86. The van der Waals surface area contributed by atoms with Gasteiger partial charge in [0.15, 0.2) is 0 Å². The Labute approximate surface area is 94.4 Å². The van der Waals surface area contributed by atoms with E-state index in [9.17, 15) is 4.39 Å². The number of alkyl halides is 1. The van der Waals surface area contributed by atoms with Crippen LogP contribution in [0.3, 0.4) is 0 Å². The van der Waals surface area contributed by atoms with Gasteiger partial charge in [-0.15, -0.1) is 0 Å². The second-order valence-corrected chi connectivity index (χ2v) is 3.97. The van der Waals surface area contributed by atoms with E-state index in [1.807, 2.05) is 32.0 Å². The lowest BCUT2D eigenvalue weighted by Gasteiger charge is -2.17. The number of rotatable bonds is 4. The van der Waals surface area contributed by atoms with Gasteiger partial charge in [-0.1, -0.05) is 19.1 Å². The van der Waals surface area contributed by atoms with Crippen LogP contribution >= 0.6 is 0 Å². The molecule has 0 radical (unpaired) electrons. The minimum Gasteiger partial charge on any atom is -0.464 e. The van der Waals surface area contributed by atoms with Crippen molar-refractivity contribution in [2.45, 2.75) is 26.1 Å². The van der Waals surface area contributed by atoms with E-state index in [-0.39, 0.29) is 6.04 Å². The number of benzene rings is 1. The van der Waals surface area contributed by atoms with E-state index in [0.717, 1.165) is 17.5 Å². The SMILES string of the molecule is CCNC(C)C(F)c1ccc2ccoc2c1. The van der Waals surface area contributed by atoms with Crippen LogP contribution in [-0.2, 0) is 0 Å². The largest absolute Gasteiger partial charge is 0.464 e. The highest BCUT2D eigenvalue weighted by molar-refractivity contribution is 5.77. The third-order valence-electron chi connectivity index (χ3n) is 2.76. The summed E-state index contributed by atoms with van der Waals surface area (Å²) in [6.45, 7) is 4.59. The molecule has 0 saturated carbocycles. The van der Waals surface area contributed by atoms with Crippen LogP contribution in [-0.4, -0.2) is 12.6 Å². The van der Waals surface area contributed by atoms with Gasteiger partial charge in [0.2, 0.25) is 0 Å². The summed E-state index contributed by atoms with van der Waals surface area (Å²) in [7, 11) is 0. The zero-order valence-electron chi connectivity index (χ0n) is 9.53. The molecule has 16 heavy (non-hydrogen) atoms. The Morgan fingerprint density at radius 2 is 2.19 bits per heavy atom. The summed E-state index contributed by atoms with van der Waals surface area (Å²) in [6.07, 6.45) is 0.615. The molecule has 2 rings (SSSR count). The van der Waals surface area contributed by atoms with Crippen molar-refractivity contribution in [3.05, 3.63) is 36.1 Å². The van der Waals surface area contributed by atoms with Crippen LogP contribution in [0.2, 0.25) is 0 Å². The van der Waals surface area contributed by atoms with Gasteiger partial charge in [0.05, 0.1) is 6.26 Å². The zero-order valence-corrected chi connectivity index (χ0v) is 9.53. The topological polar surface area (TPSA) is 25.2 Å². The van der Waals surface area contributed by atoms with Gasteiger partial charge in [0.1, 0.15) is 11.8 Å². The van der Waals surface area contributed by atoms with Crippen LogP contribution in [0, 0.1) is 0 Å². The molecule has 0 saturated heterocycles. The van der Waals surface area contributed by atoms with E-state index in [1.165, 1.54) is 0 Å². The molecule has 0 spiro atoms. The summed E-state index contributed by atoms with van der Waals surface area (Å²) in [6, 6.07) is 7.17. The van der Waals surface area contributed by atoms with Gasteiger partial charge in [-0.25, -0.2) is 4.39 Å². The van der Waals surface area contributed by atoms with Crippen LogP contribution in [0.5, 0.6) is 0 Å². The van der Waals surface area contributed by atoms with E-state index in [4.69, 9.17) is 4.42 Å². The maximum absolute atomic E-state index is 14.0. The van der Waals surface area contributed by atoms with Gasteiger partial charge in [0.25, 0.3) is 0 Å². The molecule has 0 aliphatic rings. The van der Waals surface area contributed by atoms with Crippen molar-refractivity contribution in [2.24, 2.45) is 0 Å². The average Bonchev–Trinajstić information content (AvgIpc) is 2.75. The van der Waals surface area contributed by atoms with Crippen LogP contribution in [0.15, 0.2) is 34.9 Å². The first-order chi connectivity index (χ1) is 7.72. The molecule has 2 unspecified atom stereocenters. The second-order valence-electron chi connectivity index (χ2n) is 3.97. The van der Waals surface area contributed by atoms with Crippen molar-refractivity contribution in [1.29, 1.82) is 0 Å². The molecule has 2 nitrogen and oxygen atoms in total. The van der Waals surface area contributed by atoms with Gasteiger partial charge in [-0.2, -0.15) is 0 Å². The first kappa shape index (κ1) is 11.1. The number of furan rings is 1. The highest BCUT2D eigenvalue weighted by atomic mass is 19.1. The smallest absolute Gasteiger partial charge is 0.140 e. The van der Waals surface area contributed by atoms with Crippen LogP contribution < -0.4 is 5.32 Å². The predicted molar refractivity (Wildman–Crippen MR) is 63.2 cm³/mol. The lowest BCUT2D eigenvalue weighted by atomic mass is 10.0. The first-order valence-electron chi connectivity index (χ1n) is 5.57.